The summed E-state index contributed by atoms with van der Waals surface area (Å²) in [4.78, 5) is 35.9. The molecule has 2 aromatic rings. The SMILES string of the molecule is CN(C)c1cncc(OC2CCN(C(=O)c3ccc(=O)n(C)n3)C2)n1. The summed E-state index contributed by atoms with van der Waals surface area (Å²) in [6, 6.07) is 2.79. The van der Waals surface area contributed by atoms with E-state index in [1.54, 1.807) is 17.3 Å². The summed E-state index contributed by atoms with van der Waals surface area (Å²) < 4.78 is 7.01. The van der Waals surface area contributed by atoms with Crippen molar-refractivity contribution in [2.75, 3.05) is 32.1 Å². The van der Waals surface area contributed by atoms with E-state index in [0.717, 1.165) is 4.68 Å². The van der Waals surface area contributed by atoms with E-state index in [4.69, 9.17) is 4.74 Å². The summed E-state index contributed by atoms with van der Waals surface area (Å²) in [6.07, 6.45) is 3.77. The van der Waals surface area contributed by atoms with E-state index in [0.29, 0.717) is 31.2 Å². The Balaban J connectivity index is 1.65. The van der Waals surface area contributed by atoms with Crippen LogP contribution in [-0.2, 0) is 7.05 Å². The van der Waals surface area contributed by atoms with Crippen molar-refractivity contribution in [1.82, 2.24) is 24.6 Å². The molecule has 0 bridgehead atoms. The van der Waals surface area contributed by atoms with Crippen molar-refractivity contribution in [3.8, 4) is 5.88 Å². The first-order valence-corrected chi connectivity index (χ1v) is 7.93. The van der Waals surface area contributed by atoms with Gasteiger partial charge in [0.15, 0.2) is 5.82 Å². The number of amides is 1. The largest absolute Gasteiger partial charge is 0.471 e. The van der Waals surface area contributed by atoms with E-state index < -0.39 is 0 Å². The molecule has 1 saturated heterocycles. The number of hydrogen-bond donors (Lipinski definition) is 0. The van der Waals surface area contributed by atoms with Gasteiger partial charge in [0.25, 0.3) is 11.5 Å². The first-order chi connectivity index (χ1) is 11.9. The number of aryl methyl sites for hydroxylation is 1. The lowest BCUT2D eigenvalue weighted by atomic mass is 10.3. The van der Waals surface area contributed by atoms with E-state index in [1.165, 1.54) is 19.2 Å². The van der Waals surface area contributed by atoms with Crippen LogP contribution in [0.1, 0.15) is 16.9 Å². The maximum Gasteiger partial charge on any atom is 0.274 e. The lowest BCUT2D eigenvalue weighted by molar-refractivity contribution is 0.0762. The number of carbonyl (C=O) groups excluding carboxylic acids is 1. The minimum atomic E-state index is -0.251. The Morgan fingerprint density at radius 2 is 2.12 bits per heavy atom. The second kappa shape index (κ2) is 6.88. The molecule has 1 aliphatic heterocycles. The number of aromatic nitrogens is 4. The number of ether oxygens (including phenoxy) is 1. The van der Waals surface area contributed by atoms with E-state index in [2.05, 4.69) is 15.1 Å². The molecule has 0 saturated carbocycles. The average molecular weight is 344 g/mol. The minimum absolute atomic E-state index is 0.150. The molecule has 9 nitrogen and oxygen atoms in total. The van der Waals surface area contributed by atoms with Gasteiger partial charge in [-0.05, 0) is 6.07 Å². The zero-order valence-corrected chi connectivity index (χ0v) is 14.4. The smallest absolute Gasteiger partial charge is 0.274 e. The fourth-order valence-corrected chi connectivity index (χ4v) is 2.57. The first kappa shape index (κ1) is 16.9. The van der Waals surface area contributed by atoms with Gasteiger partial charge in [-0.25, -0.2) is 4.68 Å². The predicted octanol–water partition coefficient (Wildman–Crippen LogP) is -0.0702. The summed E-state index contributed by atoms with van der Waals surface area (Å²) >= 11 is 0. The van der Waals surface area contributed by atoms with Gasteiger partial charge < -0.3 is 14.5 Å². The summed E-state index contributed by atoms with van der Waals surface area (Å²) in [6.45, 7) is 1.01. The van der Waals surface area contributed by atoms with Gasteiger partial charge in [-0.15, -0.1) is 0 Å². The number of nitrogens with zero attached hydrogens (tertiary/aromatic N) is 6. The highest BCUT2D eigenvalue weighted by atomic mass is 16.5. The monoisotopic (exact) mass is 344 g/mol. The zero-order chi connectivity index (χ0) is 18.0. The zero-order valence-electron chi connectivity index (χ0n) is 14.4. The molecule has 3 heterocycles. The van der Waals surface area contributed by atoms with Gasteiger partial charge >= 0.3 is 0 Å². The highest BCUT2D eigenvalue weighted by Crippen LogP contribution is 2.19. The Morgan fingerprint density at radius 3 is 2.84 bits per heavy atom. The number of anilines is 1. The fraction of sp³-hybridized carbons (Fsp3) is 0.438. The Labute approximate surface area is 144 Å². The van der Waals surface area contributed by atoms with Crippen molar-refractivity contribution in [2.45, 2.75) is 12.5 Å². The highest BCUT2D eigenvalue weighted by Gasteiger charge is 2.29. The minimum Gasteiger partial charge on any atom is -0.471 e. The predicted molar refractivity (Wildman–Crippen MR) is 90.8 cm³/mol. The quantitative estimate of drug-likeness (QED) is 0.766. The lowest BCUT2D eigenvalue weighted by Gasteiger charge is -2.17. The van der Waals surface area contributed by atoms with Crippen LogP contribution >= 0.6 is 0 Å². The van der Waals surface area contributed by atoms with Crippen LogP contribution in [0.5, 0.6) is 5.88 Å². The molecule has 3 rings (SSSR count). The molecule has 1 amide bonds. The van der Waals surface area contributed by atoms with Crippen molar-refractivity contribution < 1.29 is 9.53 Å². The van der Waals surface area contributed by atoms with Crippen LogP contribution in [0, 0.1) is 0 Å². The van der Waals surface area contributed by atoms with Crippen LogP contribution in [0.2, 0.25) is 0 Å². The summed E-state index contributed by atoms with van der Waals surface area (Å²) in [5.74, 6) is 0.929. The highest BCUT2D eigenvalue weighted by molar-refractivity contribution is 5.92. The molecule has 0 aromatic carbocycles. The fourth-order valence-electron chi connectivity index (χ4n) is 2.57. The molecule has 0 radical (unpaired) electrons. The number of rotatable bonds is 4. The van der Waals surface area contributed by atoms with Gasteiger partial charge in [-0.2, -0.15) is 10.1 Å². The van der Waals surface area contributed by atoms with Gasteiger partial charge in [0.2, 0.25) is 5.88 Å². The molecule has 0 spiro atoms. The van der Waals surface area contributed by atoms with Crippen LogP contribution < -0.4 is 15.2 Å². The second-order valence-corrected chi connectivity index (χ2v) is 6.07. The van der Waals surface area contributed by atoms with Crippen molar-refractivity contribution >= 4 is 11.7 Å². The Hall–Kier alpha value is -2.97. The standard InChI is InChI=1S/C16H20N6O3/c1-20(2)13-8-17-9-14(18-13)25-11-6-7-22(10-11)16(24)12-4-5-15(23)21(3)19-12/h4-5,8-9,11H,6-7,10H2,1-3H3. The third kappa shape index (κ3) is 3.76. The molecule has 1 atom stereocenters. The van der Waals surface area contributed by atoms with Crippen LogP contribution in [0.3, 0.4) is 0 Å². The molecule has 9 heteroatoms. The van der Waals surface area contributed by atoms with Gasteiger partial charge in [0.1, 0.15) is 11.8 Å². The average Bonchev–Trinajstić information content (AvgIpc) is 3.05. The third-order valence-corrected chi connectivity index (χ3v) is 3.96. The van der Waals surface area contributed by atoms with Crippen molar-refractivity contribution in [2.24, 2.45) is 7.05 Å². The molecular formula is C16H20N6O3. The summed E-state index contributed by atoms with van der Waals surface area (Å²) in [7, 11) is 5.28. The molecule has 1 aliphatic rings. The second-order valence-electron chi connectivity index (χ2n) is 6.07. The van der Waals surface area contributed by atoms with Crippen molar-refractivity contribution in [1.29, 1.82) is 0 Å². The number of hydrogen-bond acceptors (Lipinski definition) is 7. The molecule has 0 aliphatic carbocycles. The molecule has 0 N–H and O–H groups in total. The normalized spacial score (nSPS) is 16.8. The van der Waals surface area contributed by atoms with Crippen LogP contribution in [0.25, 0.3) is 0 Å². The van der Waals surface area contributed by atoms with Crippen molar-refractivity contribution in [3.05, 3.63) is 40.6 Å². The topological polar surface area (TPSA) is 93.5 Å². The first-order valence-electron chi connectivity index (χ1n) is 7.93. The van der Waals surface area contributed by atoms with Crippen molar-refractivity contribution in [3.63, 3.8) is 0 Å². The summed E-state index contributed by atoms with van der Waals surface area (Å²) in [5.41, 5.74) is -0.00400. The van der Waals surface area contributed by atoms with Crippen LogP contribution in [-0.4, -0.2) is 63.8 Å². The molecule has 2 aromatic heterocycles. The van der Waals surface area contributed by atoms with Crippen LogP contribution in [0.15, 0.2) is 29.3 Å². The van der Waals surface area contributed by atoms with Crippen LogP contribution in [0.4, 0.5) is 5.82 Å². The van der Waals surface area contributed by atoms with Gasteiger partial charge in [-0.1, -0.05) is 0 Å². The van der Waals surface area contributed by atoms with E-state index in [9.17, 15) is 9.59 Å². The Bertz CT molecular complexity index is 835. The molecule has 1 fully saturated rings. The van der Waals surface area contributed by atoms with Gasteiger partial charge in [-0.3, -0.25) is 14.6 Å². The van der Waals surface area contributed by atoms with E-state index >= 15 is 0 Å². The molecule has 25 heavy (non-hydrogen) atoms. The molecule has 1 unspecified atom stereocenters. The third-order valence-electron chi connectivity index (χ3n) is 3.96. The Morgan fingerprint density at radius 1 is 1.32 bits per heavy atom. The number of likely N-dealkylation sites (tertiary alicyclic amines) is 1. The van der Waals surface area contributed by atoms with E-state index in [-0.39, 0.29) is 23.3 Å². The molecular weight excluding hydrogens is 324 g/mol. The molecule has 132 valence electrons. The maximum atomic E-state index is 12.5. The van der Waals surface area contributed by atoms with Gasteiger partial charge in [0, 0.05) is 40.2 Å². The summed E-state index contributed by atoms with van der Waals surface area (Å²) in [5, 5.41) is 4.00. The number of carbonyl (C=O) groups is 1. The lowest BCUT2D eigenvalue weighted by Crippen LogP contribution is -2.33. The Kier molecular flexibility index (Phi) is 4.64. The van der Waals surface area contributed by atoms with Gasteiger partial charge in [0.05, 0.1) is 18.9 Å². The maximum absolute atomic E-state index is 12.5. The van der Waals surface area contributed by atoms with E-state index in [1.807, 2.05) is 19.0 Å².